The summed E-state index contributed by atoms with van der Waals surface area (Å²) in [4.78, 5) is 10.9. The van der Waals surface area contributed by atoms with Crippen LogP contribution >= 0.6 is 23.8 Å². The van der Waals surface area contributed by atoms with Crippen molar-refractivity contribution in [2.24, 2.45) is 5.10 Å². The van der Waals surface area contributed by atoms with Gasteiger partial charge in [0.15, 0.2) is 5.11 Å². The maximum Gasteiger partial charge on any atom is 0.191 e. The summed E-state index contributed by atoms with van der Waals surface area (Å²) in [6.45, 7) is 3.67. The molecule has 2 aromatic carbocycles. The fraction of sp³-hybridized carbons (Fsp3) is 0.211. The monoisotopic (exact) mass is 404 g/mol. The Morgan fingerprint density at radius 3 is 2.74 bits per heavy atom. The molecule has 0 radical (unpaired) electrons. The van der Waals surface area contributed by atoms with Crippen LogP contribution in [0.5, 0.6) is 5.75 Å². The van der Waals surface area contributed by atoms with E-state index >= 15 is 0 Å². The Balaban J connectivity index is 2.11. The number of anilines is 1. The summed E-state index contributed by atoms with van der Waals surface area (Å²) in [5.41, 5.74) is 6.32. The number of halogens is 1. The second-order valence-corrected chi connectivity index (χ2v) is 6.57. The Morgan fingerprint density at radius 1 is 1.33 bits per heavy atom. The molecule has 27 heavy (non-hydrogen) atoms. The van der Waals surface area contributed by atoms with Crippen molar-refractivity contribution >= 4 is 46.3 Å². The first-order valence-electron chi connectivity index (χ1n) is 8.05. The van der Waals surface area contributed by atoms with Crippen molar-refractivity contribution in [3.63, 3.8) is 0 Å². The summed E-state index contributed by atoms with van der Waals surface area (Å²) < 4.78 is 5.18. The minimum atomic E-state index is -1.18. The van der Waals surface area contributed by atoms with Gasteiger partial charge >= 0.3 is 0 Å². The second-order valence-electron chi connectivity index (χ2n) is 5.75. The molecule has 0 amide bonds. The van der Waals surface area contributed by atoms with Crippen molar-refractivity contribution in [3.05, 3.63) is 58.1 Å². The number of hydrazone groups is 1. The third kappa shape index (κ3) is 5.67. The molecular formula is C19H19ClN3O3S-. The van der Waals surface area contributed by atoms with Gasteiger partial charge in [0.25, 0.3) is 0 Å². The lowest BCUT2D eigenvalue weighted by molar-refractivity contribution is -0.304. The number of carboxylic acid groups (broad SMARTS) is 1. The molecule has 8 heteroatoms. The smallest absolute Gasteiger partial charge is 0.191 e. The molecule has 2 N–H and O–H groups in total. The van der Waals surface area contributed by atoms with E-state index < -0.39 is 5.97 Å². The van der Waals surface area contributed by atoms with Crippen LogP contribution in [-0.4, -0.2) is 23.9 Å². The van der Waals surface area contributed by atoms with Crippen LogP contribution in [0, 0.1) is 6.92 Å². The number of aliphatic carboxylic acids is 1. The number of carbonyl (C=O) groups excluding carboxylic acids is 1. The van der Waals surface area contributed by atoms with Gasteiger partial charge in [-0.2, -0.15) is 5.10 Å². The summed E-state index contributed by atoms with van der Waals surface area (Å²) in [6.07, 6.45) is -0.244. The van der Waals surface area contributed by atoms with Crippen LogP contribution in [0.3, 0.4) is 0 Å². The number of nitrogens with one attached hydrogen (secondary N) is 2. The second kappa shape index (κ2) is 9.34. The largest absolute Gasteiger partial charge is 0.550 e. The number of rotatable bonds is 6. The number of carbonyl (C=O) groups is 1. The molecule has 0 atom stereocenters. The van der Waals surface area contributed by atoms with Crippen molar-refractivity contribution in [2.45, 2.75) is 20.3 Å². The number of methoxy groups -OCH3 is 1. The first-order chi connectivity index (χ1) is 12.8. The quantitative estimate of drug-likeness (QED) is 0.437. The molecule has 0 aliphatic carbocycles. The fourth-order valence-electron chi connectivity index (χ4n) is 2.39. The third-order valence-corrected chi connectivity index (χ3v) is 4.48. The zero-order valence-corrected chi connectivity index (χ0v) is 16.7. The van der Waals surface area contributed by atoms with Gasteiger partial charge in [-0.25, -0.2) is 0 Å². The molecule has 0 aliphatic rings. The van der Waals surface area contributed by atoms with Gasteiger partial charge in [-0.15, -0.1) is 0 Å². The molecule has 2 aromatic rings. The third-order valence-electron chi connectivity index (χ3n) is 3.87. The van der Waals surface area contributed by atoms with E-state index in [9.17, 15) is 9.90 Å². The van der Waals surface area contributed by atoms with Gasteiger partial charge in [0.1, 0.15) is 5.75 Å². The van der Waals surface area contributed by atoms with Gasteiger partial charge in [-0.1, -0.05) is 17.7 Å². The number of nitrogens with zero attached hydrogens (tertiary/aromatic N) is 1. The summed E-state index contributed by atoms with van der Waals surface area (Å²) in [5.74, 6) is -0.697. The summed E-state index contributed by atoms with van der Waals surface area (Å²) in [6, 6.07) is 10.7. The first-order valence-corrected chi connectivity index (χ1v) is 8.84. The number of ether oxygens (including phenoxy) is 1. The molecule has 0 bridgehead atoms. The van der Waals surface area contributed by atoms with Crippen molar-refractivity contribution < 1.29 is 14.6 Å². The van der Waals surface area contributed by atoms with Crippen LogP contribution in [0.15, 0.2) is 41.5 Å². The Hall–Kier alpha value is -2.64. The zero-order valence-electron chi connectivity index (χ0n) is 15.1. The highest BCUT2D eigenvalue weighted by molar-refractivity contribution is 7.80. The highest BCUT2D eigenvalue weighted by Crippen LogP contribution is 2.23. The van der Waals surface area contributed by atoms with Gasteiger partial charge < -0.3 is 20.0 Å². The fourth-order valence-corrected chi connectivity index (χ4v) is 2.72. The average Bonchev–Trinajstić information content (AvgIpc) is 2.63. The molecule has 0 spiro atoms. The van der Waals surface area contributed by atoms with Crippen LogP contribution in [0.2, 0.25) is 5.02 Å². The van der Waals surface area contributed by atoms with E-state index in [-0.39, 0.29) is 6.42 Å². The molecule has 6 nitrogen and oxygen atoms in total. The standard InChI is InChI=1S/C19H20ClN3O3S/c1-11-15(20)5-4-6-16(11)21-19(27)23-22-12(2)13-7-8-17(26-3)14(9-13)10-18(24)25/h4-9H,10H2,1-3H3,(H,24,25)(H2,21,23,27)/p-1/b22-12-. The van der Waals surface area contributed by atoms with Crippen molar-refractivity contribution in [1.29, 1.82) is 0 Å². The van der Waals surface area contributed by atoms with Crippen molar-refractivity contribution in [1.82, 2.24) is 5.43 Å². The van der Waals surface area contributed by atoms with E-state index in [0.29, 0.717) is 27.2 Å². The van der Waals surface area contributed by atoms with Crippen LogP contribution < -0.4 is 20.6 Å². The highest BCUT2D eigenvalue weighted by Gasteiger charge is 2.08. The van der Waals surface area contributed by atoms with Crippen LogP contribution in [0.25, 0.3) is 0 Å². The predicted octanol–water partition coefficient (Wildman–Crippen LogP) is 2.66. The van der Waals surface area contributed by atoms with Gasteiger partial charge in [0, 0.05) is 28.7 Å². The van der Waals surface area contributed by atoms with E-state index in [2.05, 4.69) is 15.8 Å². The lowest BCUT2D eigenvalue weighted by atomic mass is 10.0. The van der Waals surface area contributed by atoms with Gasteiger partial charge in [0.05, 0.1) is 12.8 Å². The first kappa shape index (κ1) is 20.7. The molecular weight excluding hydrogens is 386 g/mol. The van der Waals surface area contributed by atoms with Gasteiger partial charge in [-0.05, 0) is 67.5 Å². The van der Waals surface area contributed by atoms with E-state index in [1.54, 1.807) is 31.2 Å². The number of benzene rings is 2. The predicted molar refractivity (Wildman–Crippen MR) is 109 cm³/mol. The molecule has 0 aromatic heterocycles. The summed E-state index contributed by atoms with van der Waals surface area (Å²) >= 11 is 11.3. The minimum Gasteiger partial charge on any atom is -0.550 e. The Labute approximate surface area is 168 Å². The van der Waals surface area contributed by atoms with Crippen LogP contribution in [0.1, 0.15) is 23.6 Å². The zero-order chi connectivity index (χ0) is 20.0. The van der Waals surface area contributed by atoms with Gasteiger partial charge in [-0.3, -0.25) is 5.43 Å². The van der Waals surface area contributed by atoms with E-state index in [1.807, 2.05) is 19.1 Å². The normalized spacial score (nSPS) is 11.0. The van der Waals surface area contributed by atoms with Crippen molar-refractivity contribution in [3.8, 4) is 5.75 Å². The lowest BCUT2D eigenvalue weighted by Crippen LogP contribution is -2.25. The topological polar surface area (TPSA) is 85.8 Å². The molecule has 0 heterocycles. The number of hydrogen-bond donors (Lipinski definition) is 2. The van der Waals surface area contributed by atoms with Gasteiger partial charge in [0.2, 0.25) is 0 Å². The summed E-state index contributed by atoms with van der Waals surface area (Å²) in [5, 5.41) is 19.1. The number of thiocarbonyl (C=S) groups is 1. The molecule has 142 valence electrons. The Bertz CT molecular complexity index is 900. The molecule has 0 aliphatic heterocycles. The van der Waals surface area contributed by atoms with Crippen LogP contribution in [0.4, 0.5) is 5.69 Å². The highest BCUT2D eigenvalue weighted by atomic mass is 35.5. The molecule has 0 saturated heterocycles. The molecule has 0 saturated carbocycles. The Morgan fingerprint density at radius 2 is 2.07 bits per heavy atom. The Kier molecular flexibility index (Phi) is 7.15. The number of hydrogen-bond acceptors (Lipinski definition) is 5. The van der Waals surface area contributed by atoms with E-state index in [0.717, 1.165) is 16.8 Å². The molecule has 0 fully saturated rings. The van der Waals surface area contributed by atoms with E-state index in [1.165, 1.54) is 7.11 Å². The van der Waals surface area contributed by atoms with E-state index in [4.69, 9.17) is 28.6 Å². The summed E-state index contributed by atoms with van der Waals surface area (Å²) in [7, 11) is 1.48. The maximum absolute atomic E-state index is 10.9. The van der Waals surface area contributed by atoms with Crippen molar-refractivity contribution in [2.75, 3.05) is 12.4 Å². The maximum atomic E-state index is 10.9. The number of carboxylic acids is 1. The average molecular weight is 405 g/mol. The van der Waals surface area contributed by atoms with Crippen LogP contribution in [-0.2, 0) is 11.2 Å². The molecule has 2 rings (SSSR count). The lowest BCUT2D eigenvalue weighted by Gasteiger charge is -2.13. The molecule has 0 unspecified atom stereocenters. The SMILES string of the molecule is COc1ccc(/C(C)=N\NC(=S)Nc2cccc(Cl)c2C)cc1CC(=O)[O-]. The minimum absolute atomic E-state index is 0.244.